The molecule has 0 aliphatic heterocycles. The number of aliphatic imine (C=N–C) groups is 1. The molecule has 0 unspecified atom stereocenters. The Labute approximate surface area is 128 Å². The summed E-state index contributed by atoms with van der Waals surface area (Å²) in [6.07, 6.45) is 12.9. The molecule has 120 valence electrons. The highest BCUT2D eigenvalue weighted by atomic mass is 15.2. The van der Waals surface area contributed by atoms with E-state index in [2.05, 4.69) is 32.6 Å². The standard InChI is InChI=1S/C18H38N2/c1-5-9-11-12-13-14-18(19-15-7-3)20(16-8-4)17-10-6-2/h5-17H2,1-4H3/b19-18-. The van der Waals surface area contributed by atoms with E-state index in [1.807, 2.05) is 0 Å². The van der Waals surface area contributed by atoms with E-state index in [9.17, 15) is 0 Å². The number of hydrogen-bond acceptors (Lipinski definition) is 1. The van der Waals surface area contributed by atoms with Crippen LogP contribution in [0, 0.1) is 0 Å². The van der Waals surface area contributed by atoms with Crippen molar-refractivity contribution in [3.05, 3.63) is 0 Å². The van der Waals surface area contributed by atoms with Crippen LogP contribution in [-0.4, -0.2) is 30.4 Å². The molecule has 0 amide bonds. The van der Waals surface area contributed by atoms with Crippen LogP contribution >= 0.6 is 0 Å². The summed E-state index contributed by atoms with van der Waals surface area (Å²) in [7, 11) is 0. The number of hydrogen-bond donors (Lipinski definition) is 0. The van der Waals surface area contributed by atoms with Crippen molar-refractivity contribution in [2.45, 2.75) is 91.9 Å². The van der Waals surface area contributed by atoms with Gasteiger partial charge in [0.1, 0.15) is 0 Å². The van der Waals surface area contributed by atoms with Crippen LogP contribution in [0.1, 0.15) is 91.9 Å². The van der Waals surface area contributed by atoms with Crippen LogP contribution < -0.4 is 0 Å². The summed E-state index contributed by atoms with van der Waals surface area (Å²) in [4.78, 5) is 7.43. The average molecular weight is 283 g/mol. The van der Waals surface area contributed by atoms with Gasteiger partial charge in [-0.15, -0.1) is 0 Å². The van der Waals surface area contributed by atoms with E-state index >= 15 is 0 Å². The van der Waals surface area contributed by atoms with Gasteiger partial charge in [0.25, 0.3) is 0 Å². The molecule has 0 bridgehead atoms. The second-order valence-electron chi connectivity index (χ2n) is 5.80. The van der Waals surface area contributed by atoms with Gasteiger partial charge in [-0.2, -0.15) is 0 Å². The molecular weight excluding hydrogens is 244 g/mol. The van der Waals surface area contributed by atoms with E-state index in [-0.39, 0.29) is 0 Å². The van der Waals surface area contributed by atoms with Crippen molar-refractivity contribution in [1.29, 1.82) is 0 Å². The van der Waals surface area contributed by atoms with Gasteiger partial charge in [-0.1, -0.05) is 59.8 Å². The van der Waals surface area contributed by atoms with E-state index in [0.717, 1.165) is 13.0 Å². The fraction of sp³-hybridized carbons (Fsp3) is 0.944. The Morgan fingerprint density at radius 1 is 0.700 bits per heavy atom. The summed E-state index contributed by atoms with van der Waals surface area (Å²) in [6, 6.07) is 0. The van der Waals surface area contributed by atoms with Gasteiger partial charge in [0.05, 0.1) is 5.84 Å². The number of unbranched alkanes of at least 4 members (excludes halogenated alkanes) is 5. The quantitative estimate of drug-likeness (QED) is 0.241. The molecule has 0 radical (unpaired) electrons. The van der Waals surface area contributed by atoms with Gasteiger partial charge < -0.3 is 4.90 Å². The molecule has 0 aromatic carbocycles. The fourth-order valence-corrected chi connectivity index (χ4v) is 2.45. The first kappa shape index (κ1) is 19.5. The summed E-state index contributed by atoms with van der Waals surface area (Å²) in [5.41, 5.74) is 0. The third kappa shape index (κ3) is 10.3. The largest absolute Gasteiger partial charge is 0.360 e. The monoisotopic (exact) mass is 282 g/mol. The number of nitrogens with zero attached hydrogens (tertiary/aromatic N) is 2. The van der Waals surface area contributed by atoms with Crippen molar-refractivity contribution in [3.63, 3.8) is 0 Å². The van der Waals surface area contributed by atoms with E-state index in [4.69, 9.17) is 4.99 Å². The molecular formula is C18H38N2. The normalized spacial score (nSPS) is 11.9. The zero-order valence-electron chi connectivity index (χ0n) is 14.6. The Balaban J connectivity index is 4.32. The maximum Gasteiger partial charge on any atom is 0.0988 e. The Hall–Kier alpha value is -0.530. The highest BCUT2D eigenvalue weighted by molar-refractivity contribution is 5.82. The topological polar surface area (TPSA) is 15.6 Å². The van der Waals surface area contributed by atoms with E-state index in [0.29, 0.717) is 0 Å². The lowest BCUT2D eigenvalue weighted by molar-refractivity contribution is 0.395. The molecule has 0 spiro atoms. The fourth-order valence-electron chi connectivity index (χ4n) is 2.45. The van der Waals surface area contributed by atoms with Crippen LogP contribution in [0.15, 0.2) is 4.99 Å². The maximum atomic E-state index is 4.87. The van der Waals surface area contributed by atoms with Crippen LogP contribution in [0.5, 0.6) is 0 Å². The molecule has 0 fully saturated rings. The molecule has 0 aromatic rings. The summed E-state index contributed by atoms with van der Waals surface area (Å²) in [5, 5.41) is 0. The zero-order chi connectivity index (χ0) is 15.1. The number of rotatable bonds is 13. The van der Waals surface area contributed by atoms with Gasteiger partial charge in [0.2, 0.25) is 0 Å². The summed E-state index contributed by atoms with van der Waals surface area (Å²) in [5.74, 6) is 1.39. The first-order chi connectivity index (χ1) is 9.79. The first-order valence-corrected chi connectivity index (χ1v) is 9.08. The molecule has 20 heavy (non-hydrogen) atoms. The first-order valence-electron chi connectivity index (χ1n) is 9.08. The molecule has 0 saturated heterocycles. The molecule has 0 atom stereocenters. The van der Waals surface area contributed by atoms with Gasteiger partial charge in [0.15, 0.2) is 0 Å². The minimum atomic E-state index is 0.997. The van der Waals surface area contributed by atoms with Crippen molar-refractivity contribution in [3.8, 4) is 0 Å². The highest BCUT2D eigenvalue weighted by Crippen LogP contribution is 2.10. The average Bonchev–Trinajstić information content (AvgIpc) is 2.46. The van der Waals surface area contributed by atoms with Crippen molar-refractivity contribution in [2.75, 3.05) is 19.6 Å². The van der Waals surface area contributed by atoms with Crippen molar-refractivity contribution in [1.82, 2.24) is 4.90 Å². The molecule has 0 aliphatic rings. The molecule has 2 nitrogen and oxygen atoms in total. The Morgan fingerprint density at radius 2 is 1.40 bits per heavy atom. The van der Waals surface area contributed by atoms with Crippen LogP contribution in [0.25, 0.3) is 0 Å². The second-order valence-corrected chi connectivity index (χ2v) is 5.80. The molecule has 0 heterocycles. The lowest BCUT2D eigenvalue weighted by atomic mass is 10.1. The van der Waals surface area contributed by atoms with Crippen molar-refractivity contribution < 1.29 is 0 Å². The molecule has 0 saturated carbocycles. The van der Waals surface area contributed by atoms with Gasteiger partial charge in [-0.3, -0.25) is 4.99 Å². The Kier molecular flexibility index (Phi) is 14.5. The van der Waals surface area contributed by atoms with Crippen LogP contribution in [0.2, 0.25) is 0 Å². The van der Waals surface area contributed by atoms with Crippen molar-refractivity contribution in [2.24, 2.45) is 4.99 Å². The SMILES string of the molecule is CCCCCCC/C(=N/CCC)N(CCC)CCCC. The zero-order valence-corrected chi connectivity index (χ0v) is 14.6. The highest BCUT2D eigenvalue weighted by Gasteiger charge is 2.09. The van der Waals surface area contributed by atoms with E-state index < -0.39 is 0 Å². The minimum Gasteiger partial charge on any atom is -0.360 e. The number of amidine groups is 1. The van der Waals surface area contributed by atoms with Crippen LogP contribution in [0.3, 0.4) is 0 Å². The third-order valence-corrected chi connectivity index (χ3v) is 3.66. The minimum absolute atomic E-state index is 0.997. The lowest BCUT2D eigenvalue weighted by Crippen LogP contribution is -2.33. The van der Waals surface area contributed by atoms with Gasteiger partial charge >= 0.3 is 0 Å². The van der Waals surface area contributed by atoms with E-state index in [1.54, 1.807) is 0 Å². The Bertz CT molecular complexity index is 223. The molecule has 0 aliphatic carbocycles. The third-order valence-electron chi connectivity index (χ3n) is 3.66. The molecule has 0 rings (SSSR count). The van der Waals surface area contributed by atoms with Gasteiger partial charge in [-0.05, 0) is 25.7 Å². The predicted octanol–water partition coefficient (Wildman–Crippen LogP) is 5.67. The predicted molar refractivity (Wildman–Crippen MR) is 92.7 cm³/mol. The van der Waals surface area contributed by atoms with Crippen LogP contribution in [0.4, 0.5) is 0 Å². The smallest absolute Gasteiger partial charge is 0.0988 e. The van der Waals surface area contributed by atoms with Crippen molar-refractivity contribution >= 4 is 5.84 Å². The summed E-state index contributed by atoms with van der Waals surface area (Å²) >= 11 is 0. The maximum absolute atomic E-state index is 4.87. The molecule has 0 aromatic heterocycles. The molecule has 0 N–H and O–H groups in total. The lowest BCUT2D eigenvalue weighted by Gasteiger charge is -2.26. The van der Waals surface area contributed by atoms with Gasteiger partial charge in [-0.25, -0.2) is 0 Å². The molecule has 2 heteroatoms. The Morgan fingerprint density at radius 3 is 2.00 bits per heavy atom. The van der Waals surface area contributed by atoms with E-state index in [1.165, 1.54) is 76.7 Å². The van der Waals surface area contributed by atoms with Crippen LogP contribution in [-0.2, 0) is 0 Å². The van der Waals surface area contributed by atoms with Gasteiger partial charge in [0, 0.05) is 26.1 Å². The summed E-state index contributed by atoms with van der Waals surface area (Å²) < 4.78 is 0. The summed E-state index contributed by atoms with van der Waals surface area (Å²) in [6.45, 7) is 12.4. The second kappa shape index (κ2) is 14.9.